The zero-order valence-electron chi connectivity index (χ0n) is 10.7. The highest BCUT2D eigenvalue weighted by atomic mass is 35.5. The molecule has 102 valence electrons. The number of hydrogen-bond donors (Lipinski definition) is 3. The highest BCUT2D eigenvalue weighted by molar-refractivity contribution is 6.32. The molecule has 1 aromatic heterocycles. The Morgan fingerprint density at radius 3 is 2.89 bits per heavy atom. The number of aromatic nitrogens is 2. The van der Waals surface area contributed by atoms with Gasteiger partial charge in [-0.1, -0.05) is 25.4 Å². The predicted molar refractivity (Wildman–Crippen MR) is 73.6 cm³/mol. The Bertz CT molecular complexity index is 361. The summed E-state index contributed by atoms with van der Waals surface area (Å²) in [5, 5.41) is 3.53. The van der Waals surface area contributed by atoms with Crippen LogP contribution in [0.15, 0.2) is 6.20 Å². The number of ether oxygens (including phenoxy) is 1. The van der Waals surface area contributed by atoms with E-state index in [-0.39, 0.29) is 0 Å². The van der Waals surface area contributed by atoms with E-state index in [1.165, 1.54) is 6.20 Å². The maximum Gasteiger partial charge on any atom is 0.239 e. The van der Waals surface area contributed by atoms with E-state index in [1.54, 1.807) is 0 Å². The van der Waals surface area contributed by atoms with Crippen LogP contribution in [0, 0.1) is 5.92 Å². The van der Waals surface area contributed by atoms with Crippen molar-refractivity contribution in [1.82, 2.24) is 9.97 Å². The molecule has 0 unspecified atom stereocenters. The van der Waals surface area contributed by atoms with Crippen LogP contribution in [0.3, 0.4) is 0 Å². The summed E-state index contributed by atoms with van der Waals surface area (Å²) in [4.78, 5) is 7.98. The molecule has 0 aliphatic carbocycles. The van der Waals surface area contributed by atoms with Gasteiger partial charge in [0, 0.05) is 13.2 Å². The Kier molecular flexibility index (Phi) is 6.70. The van der Waals surface area contributed by atoms with Gasteiger partial charge < -0.3 is 10.1 Å². The Morgan fingerprint density at radius 2 is 2.22 bits per heavy atom. The molecular weight excluding hydrogens is 254 g/mol. The van der Waals surface area contributed by atoms with E-state index in [0.29, 0.717) is 35.9 Å². The molecule has 0 saturated heterocycles. The van der Waals surface area contributed by atoms with Gasteiger partial charge in [0.05, 0.1) is 12.8 Å². The van der Waals surface area contributed by atoms with Crippen molar-refractivity contribution in [3.05, 3.63) is 11.2 Å². The van der Waals surface area contributed by atoms with Crippen LogP contribution in [-0.2, 0) is 4.74 Å². The largest absolute Gasteiger partial charge is 0.380 e. The van der Waals surface area contributed by atoms with Gasteiger partial charge >= 0.3 is 0 Å². The van der Waals surface area contributed by atoms with Crippen LogP contribution in [0.25, 0.3) is 0 Å². The number of rotatable bonds is 8. The minimum Gasteiger partial charge on any atom is -0.380 e. The molecule has 1 rings (SSSR count). The van der Waals surface area contributed by atoms with Crippen molar-refractivity contribution >= 4 is 23.4 Å². The van der Waals surface area contributed by atoms with E-state index >= 15 is 0 Å². The van der Waals surface area contributed by atoms with Crippen molar-refractivity contribution in [2.24, 2.45) is 11.8 Å². The number of nitrogens with zero attached hydrogens (tertiary/aromatic N) is 2. The van der Waals surface area contributed by atoms with Gasteiger partial charge in [-0.3, -0.25) is 5.43 Å². The van der Waals surface area contributed by atoms with Crippen LogP contribution in [0.2, 0.25) is 5.02 Å². The first kappa shape index (κ1) is 14.9. The van der Waals surface area contributed by atoms with Crippen LogP contribution >= 0.6 is 11.6 Å². The van der Waals surface area contributed by atoms with E-state index in [4.69, 9.17) is 22.2 Å². The monoisotopic (exact) mass is 273 g/mol. The van der Waals surface area contributed by atoms with Gasteiger partial charge in [-0.05, 0) is 12.3 Å². The third kappa shape index (κ3) is 5.48. The van der Waals surface area contributed by atoms with Crippen molar-refractivity contribution < 1.29 is 4.74 Å². The summed E-state index contributed by atoms with van der Waals surface area (Å²) >= 11 is 5.94. The standard InChI is InChI=1S/C11H20ClN5O/c1-8(2)3-5-18-6-4-14-10-9(12)7-15-11(16-10)17-13/h7-8H,3-6,13H2,1-2H3,(H2,14,15,16,17). The summed E-state index contributed by atoms with van der Waals surface area (Å²) < 4.78 is 5.47. The first-order valence-corrected chi connectivity index (χ1v) is 6.32. The molecular formula is C11H20ClN5O. The molecule has 0 aromatic carbocycles. The van der Waals surface area contributed by atoms with Crippen molar-refractivity contribution in [3.8, 4) is 0 Å². The highest BCUT2D eigenvalue weighted by Crippen LogP contribution is 2.18. The smallest absolute Gasteiger partial charge is 0.239 e. The molecule has 0 spiro atoms. The number of nitrogens with two attached hydrogens (primary N) is 1. The molecule has 0 fully saturated rings. The van der Waals surface area contributed by atoms with Gasteiger partial charge in [0.2, 0.25) is 5.95 Å². The zero-order valence-corrected chi connectivity index (χ0v) is 11.5. The Labute approximate surface area is 112 Å². The molecule has 0 bridgehead atoms. The van der Waals surface area contributed by atoms with Crippen LogP contribution in [-0.4, -0.2) is 29.7 Å². The van der Waals surface area contributed by atoms with Crippen molar-refractivity contribution in [3.63, 3.8) is 0 Å². The van der Waals surface area contributed by atoms with Crippen LogP contribution < -0.4 is 16.6 Å². The number of nitrogen functional groups attached to an aromatic ring is 1. The summed E-state index contributed by atoms with van der Waals surface area (Å²) in [5.41, 5.74) is 2.37. The molecule has 0 aliphatic heterocycles. The topological polar surface area (TPSA) is 85.1 Å². The summed E-state index contributed by atoms with van der Waals surface area (Å²) in [6.07, 6.45) is 2.56. The zero-order chi connectivity index (χ0) is 13.4. The third-order valence-electron chi connectivity index (χ3n) is 2.25. The minimum atomic E-state index is 0.322. The Morgan fingerprint density at radius 1 is 1.44 bits per heavy atom. The molecule has 0 saturated carbocycles. The number of hydrogen-bond acceptors (Lipinski definition) is 6. The van der Waals surface area contributed by atoms with Gasteiger partial charge in [-0.25, -0.2) is 10.8 Å². The van der Waals surface area contributed by atoms with E-state index in [0.717, 1.165) is 13.0 Å². The minimum absolute atomic E-state index is 0.322. The number of hydrazine groups is 1. The summed E-state index contributed by atoms with van der Waals surface area (Å²) in [7, 11) is 0. The van der Waals surface area contributed by atoms with Crippen LogP contribution in [0.1, 0.15) is 20.3 Å². The van der Waals surface area contributed by atoms with Gasteiger partial charge in [0.25, 0.3) is 0 Å². The van der Waals surface area contributed by atoms with Gasteiger partial charge in [-0.2, -0.15) is 4.98 Å². The lowest BCUT2D eigenvalue weighted by atomic mass is 10.1. The first-order valence-electron chi connectivity index (χ1n) is 5.94. The molecule has 0 aliphatic rings. The van der Waals surface area contributed by atoms with Crippen molar-refractivity contribution in [2.45, 2.75) is 20.3 Å². The maximum absolute atomic E-state index is 5.94. The van der Waals surface area contributed by atoms with Gasteiger partial charge in [0.15, 0.2) is 5.82 Å². The van der Waals surface area contributed by atoms with Crippen LogP contribution in [0.4, 0.5) is 11.8 Å². The quantitative estimate of drug-likeness (QED) is 0.381. The summed E-state index contributed by atoms with van der Waals surface area (Å²) in [6, 6.07) is 0. The Hall–Kier alpha value is -1.11. The molecule has 7 heteroatoms. The molecule has 1 aromatic rings. The average Bonchev–Trinajstić information content (AvgIpc) is 2.35. The second-order valence-electron chi connectivity index (χ2n) is 4.26. The number of anilines is 2. The maximum atomic E-state index is 5.94. The fourth-order valence-corrected chi connectivity index (χ4v) is 1.38. The van der Waals surface area contributed by atoms with Crippen molar-refractivity contribution in [1.29, 1.82) is 0 Å². The third-order valence-corrected chi connectivity index (χ3v) is 2.53. The fourth-order valence-electron chi connectivity index (χ4n) is 1.22. The second kappa shape index (κ2) is 8.07. The van der Waals surface area contributed by atoms with E-state index in [1.807, 2.05) is 0 Å². The Balaban J connectivity index is 2.26. The molecule has 18 heavy (non-hydrogen) atoms. The molecule has 0 radical (unpaired) electrons. The summed E-state index contributed by atoms with van der Waals surface area (Å²) in [5.74, 6) is 6.75. The SMILES string of the molecule is CC(C)CCOCCNc1nc(NN)ncc1Cl. The fraction of sp³-hybridized carbons (Fsp3) is 0.636. The van der Waals surface area contributed by atoms with Gasteiger partial charge in [0.1, 0.15) is 5.02 Å². The highest BCUT2D eigenvalue weighted by Gasteiger charge is 2.03. The molecule has 0 amide bonds. The lowest BCUT2D eigenvalue weighted by Gasteiger charge is -2.09. The van der Waals surface area contributed by atoms with Crippen LogP contribution in [0.5, 0.6) is 0 Å². The molecule has 1 heterocycles. The van der Waals surface area contributed by atoms with E-state index < -0.39 is 0 Å². The average molecular weight is 274 g/mol. The van der Waals surface area contributed by atoms with Gasteiger partial charge in [-0.15, -0.1) is 0 Å². The second-order valence-corrected chi connectivity index (χ2v) is 4.66. The van der Waals surface area contributed by atoms with E-state index in [2.05, 4.69) is 34.6 Å². The lowest BCUT2D eigenvalue weighted by molar-refractivity contribution is 0.132. The predicted octanol–water partition coefficient (Wildman–Crippen LogP) is 1.89. The molecule has 0 atom stereocenters. The normalized spacial score (nSPS) is 10.7. The van der Waals surface area contributed by atoms with E-state index in [9.17, 15) is 0 Å². The lowest BCUT2D eigenvalue weighted by Crippen LogP contribution is -2.15. The summed E-state index contributed by atoms with van der Waals surface area (Å²) in [6.45, 7) is 6.36. The first-order chi connectivity index (χ1) is 8.63. The number of nitrogens with one attached hydrogen (secondary N) is 2. The number of halogens is 1. The molecule has 6 nitrogen and oxygen atoms in total. The molecule has 4 N–H and O–H groups in total. The van der Waals surface area contributed by atoms with Crippen molar-refractivity contribution in [2.75, 3.05) is 30.5 Å².